The summed E-state index contributed by atoms with van der Waals surface area (Å²) in [5.74, 6) is 0.686. The molecule has 3 heterocycles. The van der Waals surface area contributed by atoms with Crippen LogP contribution in [0.25, 0.3) is 21.9 Å². The van der Waals surface area contributed by atoms with E-state index >= 15 is 0 Å². The van der Waals surface area contributed by atoms with Crippen LogP contribution in [0.3, 0.4) is 0 Å². The average molecular weight is 368 g/mol. The fraction of sp³-hybridized carbons (Fsp3) is 0.111. The number of methoxy groups -OCH3 is 1. The molecule has 3 aromatic heterocycles. The van der Waals surface area contributed by atoms with E-state index in [1.54, 1.807) is 37.8 Å². The van der Waals surface area contributed by atoms with Gasteiger partial charge in [0.05, 0.1) is 29.9 Å². The summed E-state index contributed by atoms with van der Waals surface area (Å²) in [4.78, 5) is 8.85. The molecule has 0 amide bonds. The Bertz CT molecular complexity index is 1210. The van der Waals surface area contributed by atoms with Crippen molar-refractivity contribution in [1.29, 1.82) is 0 Å². The smallest absolute Gasteiger partial charge is 0.238 e. The molecule has 0 fully saturated rings. The van der Waals surface area contributed by atoms with Crippen molar-refractivity contribution < 1.29 is 13.2 Å². The Balaban J connectivity index is 1.85. The van der Waals surface area contributed by atoms with Gasteiger partial charge in [-0.1, -0.05) is 12.1 Å². The maximum Gasteiger partial charge on any atom is 0.238 e. The van der Waals surface area contributed by atoms with E-state index < -0.39 is 10.0 Å². The van der Waals surface area contributed by atoms with E-state index in [0.29, 0.717) is 12.3 Å². The van der Waals surface area contributed by atoms with Crippen LogP contribution in [0.1, 0.15) is 5.56 Å². The summed E-state index contributed by atoms with van der Waals surface area (Å²) in [6, 6.07) is 10.4. The lowest BCUT2D eigenvalue weighted by molar-refractivity contribution is 0.413. The Morgan fingerprint density at radius 1 is 1.12 bits per heavy atom. The lowest BCUT2D eigenvalue weighted by atomic mass is 10.2. The number of benzene rings is 1. The molecule has 1 aromatic carbocycles. The normalized spacial score (nSPS) is 11.9. The number of nitrogens with zero attached hydrogens (tertiary/aromatic N) is 3. The third-order valence-electron chi connectivity index (χ3n) is 4.31. The van der Waals surface area contributed by atoms with E-state index in [9.17, 15) is 8.42 Å². The summed E-state index contributed by atoms with van der Waals surface area (Å²) in [6.07, 6.45) is 5.21. The molecule has 4 rings (SSSR count). The second-order valence-corrected chi connectivity index (χ2v) is 7.48. The molecule has 0 spiro atoms. The third kappa shape index (κ3) is 2.79. The lowest BCUT2D eigenvalue weighted by Gasteiger charge is -2.08. The first-order valence-corrected chi connectivity index (χ1v) is 9.40. The SMILES string of the molecule is COc1cnc2c(c1)c1ccncc1n2Cc1ccc(S(N)(=O)=O)cc1. The van der Waals surface area contributed by atoms with Crippen molar-refractivity contribution in [3.8, 4) is 5.75 Å². The molecule has 0 saturated heterocycles. The zero-order chi connectivity index (χ0) is 18.3. The van der Waals surface area contributed by atoms with Crippen molar-refractivity contribution in [2.24, 2.45) is 5.14 Å². The largest absolute Gasteiger partial charge is 0.495 e. The molecule has 132 valence electrons. The third-order valence-corrected chi connectivity index (χ3v) is 5.24. The zero-order valence-electron chi connectivity index (χ0n) is 14.0. The molecule has 0 radical (unpaired) electrons. The fourth-order valence-electron chi connectivity index (χ4n) is 3.03. The van der Waals surface area contributed by atoms with Gasteiger partial charge in [-0.15, -0.1) is 0 Å². The number of rotatable bonds is 4. The second kappa shape index (κ2) is 6.08. The molecule has 0 atom stereocenters. The molecule has 0 aliphatic carbocycles. The molecular weight excluding hydrogens is 352 g/mol. The molecule has 2 N–H and O–H groups in total. The van der Waals surface area contributed by atoms with E-state index in [4.69, 9.17) is 9.88 Å². The Hall–Kier alpha value is -2.97. The maximum atomic E-state index is 11.4. The maximum absolute atomic E-state index is 11.4. The van der Waals surface area contributed by atoms with Crippen molar-refractivity contribution in [1.82, 2.24) is 14.5 Å². The van der Waals surface area contributed by atoms with Gasteiger partial charge in [0, 0.05) is 23.5 Å². The van der Waals surface area contributed by atoms with Gasteiger partial charge in [-0.3, -0.25) is 4.98 Å². The highest BCUT2D eigenvalue weighted by Gasteiger charge is 2.14. The number of hydrogen-bond donors (Lipinski definition) is 1. The number of primary sulfonamides is 1. The average Bonchev–Trinajstić information content (AvgIpc) is 2.95. The van der Waals surface area contributed by atoms with Crippen molar-refractivity contribution >= 4 is 32.0 Å². The first kappa shape index (κ1) is 16.5. The van der Waals surface area contributed by atoms with Crippen molar-refractivity contribution in [3.05, 3.63) is 60.6 Å². The van der Waals surface area contributed by atoms with Crippen LogP contribution < -0.4 is 9.88 Å². The van der Waals surface area contributed by atoms with Crippen LogP contribution in [0.15, 0.2) is 59.9 Å². The van der Waals surface area contributed by atoms with Crippen molar-refractivity contribution in [2.75, 3.05) is 7.11 Å². The summed E-state index contributed by atoms with van der Waals surface area (Å²) in [6.45, 7) is 0.524. The minimum atomic E-state index is -3.70. The Labute approximate surface area is 150 Å². The van der Waals surface area contributed by atoms with Gasteiger partial charge in [-0.25, -0.2) is 18.5 Å². The minimum Gasteiger partial charge on any atom is -0.495 e. The summed E-state index contributed by atoms with van der Waals surface area (Å²) in [7, 11) is -2.09. The number of nitrogens with two attached hydrogens (primary N) is 1. The standard InChI is InChI=1S/C18H16N4O3S/c1-25-13-8-16-15-6-7-20-10-17(15)22(18(16)21-9-13)11-12-2-4-14(5-3-12)26(19,23)24/h2-10H,11H2,1H3,(H2,19,23,24). The molecule has 7 nitrogen and oxygen atoms in total. The van der Waals surface area contributed by atoms with Crippen molar-refractivity contribution in [2.45, 2.75) is 11.4 Å². The molecule has 4 aromatic rings. The fourth-order valence-corrected chi connectivity index (χ4v) is 3.55. The Morgan fingerprint density at radius 2 is 1.88 bits per heavy atom. The van der Waals surface area contributed by atoms with Crippen LogP contribution in [-0.2, 0) is 16.6 Å². The number of hydrogen-bond acceptors (Lipinski definition) is 5. The lowest BCUT2D eigenvalue weighted by Crippen LogP contribution is -2.12. The molecule has 0 bridgehead atoms. The number of aromatic nitrogens is 3. The summed E-state index contributed by atoms with van der Waals surface area (Å²) in [5.41, 5.74) is 2.68. The van der Waals surface area contributed by atoms with E-state index in [-0.39, 0.29) is 4.90 Å². The first-order valence-electron chi connectivity index (χ1n) is 7.85. The van der Waals surface area contributed by atoms with Crippen LogP contribution in [0, 0.1) is 0 Å². The predicted molar refractivity (Wildman–Crippen MR) is 98.5 cm³/mol. The van der Waals surface area contributed by atoms with Crippen LogP contribution in [0.4, 0.5) is 0 Å². The molecule has 0 saturated carbocycles. The molecule has 0 aliphatic rings. The van der Waals surface area contributed by atoms with Gasteiger partial charge in [0.15, 0.2) is 0 Å². The monoisotopic (exact) mass is 368 g/mol. The van der Waals surface area contributed by atoms with Crippen LogP contribution in [0.2, 0.25) is 0 Å². The van der Waals surface area contributed by atoms with E-state index in [1.807, 2.05) is 16.7 Å². The van der Waals surface area contributed by atoms with E-state index in [2.05, 4.69) is 9.97 Å². The quantitative estimate of drug-likeness (QED) is 0.596. The van der Waals surface area contributed by atoms with Gasteiger partial charge in [0.2, 0.25) is 10.0 Å². The highest BCUT2D eigenvalue weighted by atomic mass is 32.2. The second-order valence-electron chi connectivity index (χ2n) is 5.91. The van der Waals surface area contributed by atoms with Gasteiger partial charge in [0.1, 0.15) is 11.4 Å². The first-order chi connectivity index (χ1) is 12.5. The van der Waals surface area contributed by atoms with Crippen LogP contribution in [0.5, 0.6) is 5.75 Å². The van der Waals surface area contributed by atoms with Gasteiger partial charge in [0.25, 0.3) is 0 Å². The highest BCUT2D eigenvalue weighted by molar-refractivity contribution is 7.89. The summed E-state index contributed by atoms with van der Waals surface area (Å²) < 4.78 is 30.2. The summed E-state index contributed by atoms with van der Waals surface area (Å²) in [5, 5.41) is 7.16. The molecule has 26 heavy (non-hydrogen) atoms. The van der Waals surface area contributed by atoms with Gasteiger partial charge in [-0.05, 0) is 29.8 Å². The Kier molecular flexibility index (Phi) is 3.86. The van der Waals surface area contributed by atoms with Gasteiger partial charge in [-0.2, -0.15) is 0 Å². The van der Waals surface area contributed by atoms with E-state index in [0.717, 1.165) is 27.5 Å². The number of sulfonamides is 1. The minimum absolute atomic E-state index is 0.0907. The van der Waals surface area contributed by atoms with Crippen LogP contribution >= 0.6 is 0 Å². The van der Waals surface area contributed by atoms with E-state index in [1.165, 1.54) is 12.1 Å². The predicted octanol–water partition coefficient (Wildman–Crippen LogP) is 2.29. The number of fused-ring (bicyclic) bond motifs is 3. The molecule has 0 aliphatic heterocycles. The van der Waals surface area contributed by atoms with Gasteiger partial charge >= 0.3 is 0 Å². The summed E-state index contributed by atoms with van der Waals surface area (Å²) >= 11 is 0. The zero-order valence-corrected chi connectivity index (χ0v) is 14.8. The van der Waals surface area contributed by atoms with Crippen LogP contribution in [-0.4, -0.2) is 30.1 Å². The molecular formula is C18H16N4O3S. The number of pyridine rings is 2. The van der Waals surface area contributed by atoms with Gasteiger partial charge < -0.3 is 9.30 Å². The molecule has 8 heteroatoms. The number of ether oxygens (including phenoxy) is 1. The highest BCUT2D eigenvalue weighted by Crippen LogP contribution is 2.30. The topological polar surface area (TPSA) is 100 Å². The molecule has 0 unspecified atom stereocenters. The Morgan fingerprint density at radius 3 is 2.58 bits per heavy atom. The van der Waals surface area contributed by atoms with Crippen molar-refractivity contribution in [3.63, 3.8) is 0 Å².